The van der Waals surface area contributed by atoms with Crippen molar-refractivity contribution >= 4 is 12.0 Å². The molecule has 5 heteroatoms. The first kappa shape index (κ1) is 11.6. The van der Waals surface area contributed by atoms with Crippen molar-refractivity contribution in [3.63, 3.8) is 0 Å². The molecule has 0 bridgehead atoms. The number of aliphatic carboxylic acids is 1. The van der Waals surface area contributed by atoms with Gasteiger partial charge in [-0.25, -0.2) is 9.59 Å². The number of nitrogens with zero attached hydrogens (tertiary/aromatic N) is 1. The topological polar surface area (TPSA) is 69.6 Å². The van der Waals surface area contributed by atoms with E-state index in [1.54, 1.807) is 14.1 Å². The zero-order valence-electron chi connectivity index (χ0n) is 9.04. The Labute approximate surface area is 88.8 Å². The Morgan fingerprint density at radius 1 is 1.27 bits per heavy atom. The molecule has 0 aromatic rings. The van der Waals surface area contributed by atoms with Crippen LogP contribution in [0.2, 0.25) is 0 Å². The van der Waals surface area contributed by atoms with E-state index in [0.29, 0.717) is 24.1 Å². The Bertz CT molecular complexity index is 308. The van der Waals surface area contributed by atoms with Gasteiger partial charge < -0.3 is 15.3 Å². The number of carboxylic acids is 1. The Kier molecular flexibility index (Phi) is 3.71. The van der Waals surface area contributed by atoms with Crippen LogP contribution in [0.5, 0.6) is 0 Å². The van der Waals surface area contributed by atoms with E-state index in [1.807, 2.05) is 0 Å². The fraction of sp³-hybridized carbons (Fsp3) is 0.600. The SMILES string of the molecule is CN(C)C(=O)NC1=C(C(=O)O)CCCC1. The third-order valence-electron chi connectivity index (χ3n) is 2.39. The minimum atomic E-state index is -0.927. The summed E-state index contributed by atoms with van der Waals surface area (Å²) in [5.74, 6) is -0.927. The van der Waals surface area contributed by atoms with Crippen LogP contribution >= 0.6 is 0 Å². The second kappa shape index (κ2) is 4.82. The molecule has 2 N–H and O–H groups in total. The van der Waals surface area contributed by atoms with Gasteiger partial charge in [0, 0.05) is 19.8 Å². The van der Waals surface area contributed by atoms with Gasteiger partial charge in [-0.15, -0.1) is 0 Å². The molecule has 0 aromatic heterocycles. The van der Waals surface area contributed by atoms with Crippen molar-refractivity contribution in [1.82, 2.24) is 10.2 Å². The number of urea groups is 1. The van der Waals surface area contributed by atoms with E-state index in [2.05, 4.69) is 5.32 Å². The quantitative estimate of drug-likeness (QED) is 0.721. The normalized spacial score (nSPS) is 16.1. The molecule has 0 aromatic carbocycles. The van der Waals surface area contributed by atoms with E-state index in [-0.39, 0.29) is 6.03 Å². The van der Waals surface area contributed by atoms with E-state index >= 15 is 0 Å². The van der Waals surface area contributed by atoms with Crippen LogP contribution in [-0.4, -0.2) is 36.1 Å². The van der Waals surface area contributed by atoms with Gasteiger partial charge in [-0.2, -0.15) is 0 Å². The van der Waals surface area contributed by atoms with Crippen LogP contribution in [0, 0.1) is 0 Å². The Morgan fingerprint density at radius 2 is 1.87 bits per heavy atom. The highest BCUT2D eigenvalue weighted by Gasteiger charge is 2.20. The summed E-state index contributed by atoms with van der Waals surface area (Å²) < 4.78 is 0. The molecule has 1 aliphatic carbocycles. The molecule has 84 valence electrons. The number of carbonyl (C=O) groups excluding carboxylic acids is 1. The maximum Gasteiger partial charge on any atom is 0.333 e. The molecule has 0 radical (unpaired) electrons. The summed E-state index contributed by atoms with van der Waals surface area (Å²) in [4.78, 5) is 23.7. The molecule has 0 saturated carbocycles. The number of hydrogen-bond acceptors (Lipinski definition) is 2. The molecule has 2 amide bonds. The van der Waals surface area contributed by atoms with Crippen LogP contribution in [0.1, 0.15) is 25.7 Å². The summed E-state index contributed by atoms with van der Waals surface area (Å²) in [7, 11) is 3.25. The lowest BCUT2D eigenvalue weighted by Gasteiger charge is -2.20. The zero-order chi connectivity index (χ0) is 11.4. The number of carboxylic acid groups (broad SMARTS) is 1. The van der Waals surface area contributed by atoms with E-state index in [1.165, 1.54) is 4.90 Å². The monoisotopic (exact) mass is 212 g/mol. The maximum atomic E-state index is 11.4. The van der Waals surface area contributed by atoms with Crippen LogP contribution in [-0.2, 0) is 4.79 Å². The molecule has 1 rings (SSSR count). The van der Waals surface area contributed by atoms with Crippen LogP contribution in [0.15, 0.2) is 11.3 Å². The van der Waals surface area contributed by atoms with Gasteiger partial charge in [-0.1, -0.05) is 0 Å². The second-order valence-electron chi connectivity index (χ2n) is 3.79. The summed E-state index contributed by atoms with van der Waals surface area (Å²) in [5, 5.41) is 11.6. The lowest BCUT2D eigenvalue weighted by Crippen LogP contribution is -2.35. The summed E-state index contributed by atoms with van der Waals surface area (Å²) in [5.41, 5.74) is 0.906. The predicted octanol–water partition coefficient (Wildman–Crippen LogP) is 1.17. The summed E-state index contributed by atoms with van der Waals surface area (Å²) in [6, 6.07) is -0.273. The average Bonchev–Trinajstić information content (AvgIpc) is 2.18. The summed E-state index contributed by atoms with van der Waals surface area (Å²) >= 11 is 0. The lowest BCUT2D eigenvalue weighted by atomic mass is 9.96. The molecule has 0 atom stereocenters. The smallest absolute Gasteiger partial charge is 0.333 e. The number of hydrogen-bond donors (Lipinski definition) is 2. The molecule has 0 saturated heterocycles. The lowest BCUT2D eigenvalue weighted by molar-refractivity contribution is -0.133. The van der Waals surface area contributed by atoms with Crippen molar-refractivity contribution in [2.24, 2.45) is 0 Å². The minimum Gasteiger partial charge on any atom is -0.478 e. The molecular formula is C10H16N2O3. The third kappa shape index (κ3) is 2.97. The van der Waals surface area contributed by atoms with E-state index in [4.69, 9.17) is 5.11 Å². The molecule has 0 unspecified atom stereocenters. The van der Waals surface area contributed by atoms with Gasteiger partial charge in [0.2, 0.25) is 0 Å². The predicted molar refractivity (Wildman–Crippen MR) is 55.3 cm³/mol. The first-order valence-corrected chi connectivity index (χ1v) is 4.96. The van der Waals surface area contributed by atoms with Gasteiger partial charge >= 0.3 is 12.0 Å². The molecular weight excluding hydrogens is 196 g/mol. The molecule has 1 aliphatic rings. The number of carbonyl (C=O) groups is 2. The van der Waals surface area contributed by atoms with E-state index in [0.717, 1.165) is 12.8 Å². The van der Waals surface area contributed by atoms with Crippen molar-refractivity contribution in [2.45, 2.75) is 25.7 Å². The second-order valence-corrected chi connectivity index (χ2v) is 3.79. The van der Waals surface area contributed by atoms with Crippen LogP contribution in [0.25, 0.3) is 0 Å². The summed E-state index contributed by atoms with van der Waals surface area (Å²) in [6.45, 7) is 0. The van der Waals surface area contributed by atoms with Gasteiger partial charge in [0.15, 0.2) is 0 Å². The highest BCUT2D eigenvalue weighted by molar-refractivity contribution is 5.89. The molecule has 0 fully saturated rings. The van der Waals surface area contributed by atoms with Crippen LogP contribution in [0.4, 0.5) is 4.79 Å². The Morgan fingerprint density at radius 3 is 2.40 bits per heavy atom. The zero-order valence-corrected chi connectivity index (χ0v) is 9.04. The largest absolute Gasteiger partial charge is 0.478 e. The number of nitrogens with one attached hydrogen (secondary N) is 1. The van der Waals surface area contributed by atoms with Crippen LogP contribution < -0.4 is 5.32 Å². The van der Waals surface area contributed by atoms with Crippen molar-refractivity contribution < 1.29 is 14.7 Å². The molecule has 15 heavy (non-hydrogen) atoms. The van der Waals surface area contributed by atoms with Crippen molar-refractivity contribution in [1.29, 1.82) is 0 Å². The third-order valence-corrected chi connectivity index (χ3v) is 2.39. The molecule has 5 nitrogen and oxygen atoms in total. The Hall–Kier alpha value is -1.52. The molecule has 0 heterocycles. The number of allylic oxidation sites excluding steroid dienone is 1. The molecule has 0 spiro atoms. The van der Waals surface area contributed by atoms with Gasteiger partial charge in [0.25, 0.3) is 0 Å². The van der Waals surface area contributed by atoms with Crippen LogP contribution in [0.3, 0.4) is 0 Å². The number of amides is 2. The van der Waals surface area contributed by atoms with E-state index in [9.17, 15) is 9.59 Å². The van der Waals surface area contributed by atoms with Crippen molar-refractivity contribution in [3.05, 3.63) is 11.3 Å². The van der Waals surface area contributed by atoms with Crippen molar-refractivity contribution in [2.75, 3.05) is 14.1 Å². The van der Waals surface area contributed by atoms with Gasteiger partial charge in [0.05, 0.1) is 5.57 Å². The van der Waals surface area contributed by atoms with E-state index < -0.39 is 5.97 Å². The highest BCUT2D eigenvalue weighted by Crippen LogP contribution is 2.23. The van der Waals surface area contributed by atoms with Gasteiger partial charge in [-0.05, 0) is 25.7 Å². The van der Waals surface area contributed by atoms with Gasteiger partial charge in [-0.3, -0.25) is 0 Å². The first-order chi connectivity index (χ1) is 7.02. The number of rotatable bonds is 2. The Balaban J connectivity index is 2.79. The fourth-order valence-electron chi connectivity index (χ4n) is 1.52. The highest BCUT2D eigenvalue weighted by atomic mass is 16.4. The standard InChI is InChI=1S/C10H16N2O3/c1-12(2)10(15)11-8-6-4-3-5-7(8)9(13)14/h3-6H2,1-2H3,(H,11,15)(H,13,14). The summed E-state index contributed by atoms with van der Waals surface area (Å²) in [6.07, 6.45) is 2.99. The maximum absolute atomic E-state index is 11.4. The van der Waals surface area contributed by atoms with Crippen molar-refractivity contribution in [3.8, 4) is 0 Å². The van der Waals surface area contributed by atoms with Gasteiger partial charge in [0.1, 0.15) is 0 Å². The molecule has 0 aliphatic heterocycles. The first-order valence-electron chi connectivity index (χ1n) is 4.96. The minimum absolute atomic E-state index is 0.273. The fourth-order valence-corrected chi connectivity index (χ4v) is 1.52. The average molecular weight is 212 g/mol.